The standard InChI is InChI=1S/C25H25F3N2O5S/c1-5-6-7-17(25(26,27)28)14(2)15(3)35-21-11-22(36-23(21)24(33)34-4)30-13-29-18-9-8-16(10-19(18)30)20(32)12-31/h5-11,13,15,20,31-32H,2,12H2,1,3-4H3/b6-5-,17-7+. The van der Waals surface area contributed by atoms with Gasteiger partial charge in [0.05, 0.1) is 30.3 Å². The first-order valence-electron chi connectivity index (χ1n) is 10.8. The minimum Gasteiger partial charge on any atom is -0.484 e. The summed E-state index contributed by atoms with van der Waals surface area (Å²) in [6.07, 6.45) is -1.72. The molecule has 0 bridgehead atoms. The zero-order chi connectivity index (χ0) is 26.6. The molecule has 0 amide bonds. The summed E-state index contributed by atoms with van der Waals surface area (Å²) in [5.74, 6) is -0.697. The summed E-state index contributed by atoms with van der Waals surface area (Å²) in [4.78, 5) is 16.8. The molecular formula is C25H25F3N2O5S. The number of aromatic nitrogens is 2. The third-order valence-corrected chi connectivity index (χ3v) is 6.42. The van der Waals surface area contributed by atoms with Gasteiger partial charge in [0.15, 0.2) is 4.88 Å². The van der Waals surface area contributed by atoms with Crippen LogP contribution in [0.2, 0.25) is 0 Å². The largest absolute Gasteiger partial charge is 0.484 e. The topological polar surface area (TPSA) is 93.8 Å². The van der Waals surface area contributed by atoms with Gasteiger partial charge in [-0.15, -0.1) is 11.3 Å². The Morgan fingerprint density at radius 3 is 2.67 bits per heavy atom. The summed E-state index contributed by atoms with van der Waals surface area (Å²) >= 11 is 1.00. The van der Waals surface area contributed by atoms with Crippen molar-refractivity contribution in [1.29, 1.82) is 0 Å². The van der Waals surface area contributed by atoms with Crippen molar-refractivity contribution in [2.45, 2.75) is 32.2 Å². The molecule has 192 valence electrons. The number of benzene rings is 1. The molecule has 3 aromatic rings. The van der Waals surface area contributed by atoms with E-state index >= 15 is 0 Å². The molecule has 2 unspecified atom stereocenters. The van der Waals surface area contributed by atoms with Gasteiger partial charge in [-0.3, -0.25) is 4.57 Å². The summed E-state index contributed by atoms with van der Waals surface area (Å²) in [7, 11) is 1.19. The van der Waals surface area contributed by atoms with E-state index in [-0.39, 0.29) is 16.2 Å². The van der Waals surface area contributed by atoms with Gasteiger partial charge in [-0.1, -0.05) is 24.8 Å². The Morgan fingerprint density at radius 2 is 2.06 bits per heavy atom. The van der Waals surface area contributed by atoms with Crippen molar-refractivity contribution in [3.8, 4) is 10.8 Å². The molecule has 0 saturated heterocycles. The van der Waals surface area contributed by atoms with E-state index in [4.69, 9.17) is 9.47 Å². The van der Waals surface area contributed by atoms with Crippen molar-refractivity contribution in [2.75, 3.05) is 13.7 Å². The Kier molecular flexibility index (Phi) is 8.39. The van der Waals surface area contributed by atoms with Gasteiger partial charge >= 0.3 is 12.1 Å². The van der Waals surface area contributed by atoms with E-state index in [9.17, 15) is 28.2 Å². The van der Waals surface area contributed by atoms with Gasteiger partial charge < -0.3 is 19.7 Å². The maximum atomic E-state index is 13.6. The Bertz CT molecular complexity index is 1320. The van der Waals surface area contributed by atoms with Gasteiger partial charge in [0.2, 0.25) is 0 Å². The molecule has 0 saturated carbocycles. The van der Waals surface area contributed by atoms with Gasteiger partial charge in [-0.2, -0.15) is 13.2 Å². The van der Waals surface area contributed by atoms with E-state index in [1.165, 1.54) is 38.6 Å². The number of aliphatic hydroxyl groups is 2. The molecule has 7 nitrogen and oxygen atoms in total. The van der Waals surface area contributed by atoms with E-state index in [1.807, 2.05) is 0 Å². The maximum Gasteiger partial charge on any atom is 0.416 e. The number of fused-ring (bicyclic) bond motifs is 1. The van der Waals surface area contributed by atoms with Gasteiger partial charge in [-0.05, 0) is 43.2 Å². The highest BCUT2D eigenvalue weighted by atomic mass is 32.1. The van der Waals surface area contributed by atoms with E-state index in [0.717, 1.165) is 17.4 Å². The third-order valence-electron chi connectivity index (χ3n) is 5.32. The molecule has 0 aliphatic rings. The molecule has 2 aromatic heterocycles. The minimum atomic E-state index is -4.65. The predicted octanol–water partition coefficient (Wildman–Crippen LogP) is 5.29. The second kappa shape index (κ2) is 11.1. The van der Waals surface area contributed by atoms with E-state index < -0.39 is 36.5 Å². The van der Waals surface area contributed by atoms with Crippen molar-refractivity contribution in [3.63, 3.8) is 0 Å². The molecule has 0 radical (unpaired) electrons. The van der Waals surface area contributed by atoms with Crippen molar-refractivity contribution in [1.82, 2.24) is 9.55 Å². The zero-order valence-electron chi connectivity index (χ0n) is 19.7. The lowest BCUT2D eigenvalue weighted by molar-refractivity contribution is -0.0905. The van der Waals surface area contributed by atoms with Crippen molar-refractivity contribution < 1.29 is 37.7 Å². The van der Waals surface area contributed by atoms with Crippen LogP contribution in [0.3, 0.4) is 0 Å². The molecule has 2 atom stereocenters. The molecule has 2 N–H and O–H groups in total. The number of aliphatic hydroxyl groups excluding tert-OH is 2. The van der Waals surface area contributed by atoms with Crippen molar-refractivity contribution >= 4 is 28.3 Å². The quantitative estimate of drug-likeness (QED) is 0.293. The average Bonchev–Trinajstić information content (AvgIpc) is 3.45. The van der Waals surface area contributed by atoms with Crippen LogP contribution in [-0.4, -0.2) is 51.7 Å². The monoisotopic (exact) mass is 522 g/mol. The number of esters is 1. The van der Waals surface area contributed by atoms with Crippen LogP contribution in [0.15, 0.2) is 66.5 Å². The molecule has 36 heavy (non-hydrogen) atoms. The lowest BCUT2D eigenvalue weighted by Crippen LogP contribution is -2.23. The van der Waals surface area contributed by atoms with Crippen LogP contribution in [0, 0.1) is 0 Å². The molecule has 0 aliphatic heterocycles. The lowest BCUT2D eigenvalue weighted by Gasteiger charge is -2.21. The second-order valence-corrected chi connectivity index (χ2v) is 8.75. The molecule has 0 aliphatic carbocycles. The van der Waals surface area contributed by atoms with Crippen LogP contribution in [0.1, 0.15) is 35.2 Å². The van der Waals surface area contributed by atoms with Gasteiger partial charge in [-0.25, -0.2) is 9.78 Å². The maximum absolute atomic E-state index is 13.6. The van der Waals surface area contributed by atoms with Gasteiger partial charge in [0.25, 0.3) is 0 Å². The number of rotatable bonds is 9. The van der Waals surface area contributed by atoms with Crippen molar-refractivity contribution in [2.24, 2.45) is 0 Å². The first-order valence-corrected chi connectivity index (χ1v) is 11.6. The third kappa shape index (κ3) is 5.69. The summed E-state index contributed by atoms with van der Waals surface area (Å²) < 4.78 is 53.0. The highest BCUT2D eigenvalue weighted by Gasteiger charge is 2.37. The molecule has 11 heteroatoms. The summed E-state index contributed by atoms with van der Waals surface area (Å²) in [5, 5.41) is 19.7. The van der Waals surface area contributed by atoms with Crippen LogP contribution < -0.4 is 4.74 Å². The number of thiophene rings is 1. The lowest BCUT2D eigenvalue weighted by atomic mass is 10.0. The number of methoxy groups -OCH3 is 1. The Morgan fingerprint density at radius 1 is 1.33 bits per heavy atom. The number of ether oxygens (including phenoxy) is 2. The number of halogens is 3. The van der Waals surface area contributed by atoms with Crippen molar-refractivity contribution in [3.05, 3.63) is 77.0 Å². The van der Waals surface area contributed by atoms with E-state index in [0.29, 0.717) is 21.6 Å². The SMILES string of the molecule is C=C(/C(=C\C=C/C)C(F)(F)F)C(C)Oc1cc(-n2cnc3ccc(C(O)CO)cc32)sc1C(=O)OC. The van der Waals surface area contributed by atoms with E-state index in [2.05, 4.69) is 11.6 Å². The van der Waals surface area contributed by atoms with Crippen LogP contribution in [0.5, 0.6) is 5.75 Å². The number of hydrogen-bond donors (Lipinski definition) is 2. The van der Waals surface area contributed by atoms with Crippen LogP contribution in [-0.2, 0) is 4.74 Å². The summed E-state index contributed by atoms with van der Waals surface area (Å²) in [6.45, 7) is 6.11. The Hall–Kier alpha value is -3.41. The van der Waals surface area contributed by atoms with Crippen LogP contribution in [0.25, 0.3) is 16.0 Å². The number of hydrogen-bond acceptors (Lipinski definition) is 7. The fraction of sp³-hybridized carbons (Fsp3) is 0.280. The van der Waals surface area contributed by atoms with Gasteiger partial charge in [0.1, 0.15) is 29.3 Å². The predicted molar refractivity (Wildman–Crippen MR) is 131 cm³/mol. The highest BCUT2D eigenvalue weighted by Crippen LogP contribution is 2.38. The first-order chi connectivity index (χ1) is 17.0. The fourth-order valence-electron chi connectivity index (χ4n) is 3.37. The number of alkyl halides is 3. The first kappa shape index (κ1) is 27.2. The molecule has 0 spiro atoms. The normalized spacial score (nSPS) is 14.3. The number of allylic oxidation sites excluding steroid dienone is 3. The van der Waals surface area contributed by atoms with Gasteiger partial charge in [0, 0.05) is 6.07 Å². The summed E-state index contributed by atoms with van der Waals surface area (Å²) in [6, 6.07) is 6.46. The van der Waals surface area contributed by atoms with E-state index in [1.54, 1.807) is 29.7 Å². The smallest absolute Gasteiger partial charge is 0.416 e. The molecule has 1 aromatic carbocycles. The molecule has 0 fully saturated rings. The zero-order valence-corrected chi connectivity index (χ0v) is 20.6. The fourth-order valence-corrected chi connectivity index (χ4v) is 4.37. The summed E-state index contributed by atoms with van der Waals surface area (Å²) in [5.41, 5.74) is 0.379. The number of carbonyl (C=O) groups is 1. The second-order valence-electron chi connectivity index (χ2n) is 7.72. The highest BCUT2D eigenvalue weighted by molar-refractivity contribution is 7.16. The molecule has 3 rings (SSSR count). The van der Waals surface area contributed by atoms with Crippen LogP contribution >= 0.6 is 11.3 Å². The molecular weight excluding hydrogens is 497 g/mol. The Labute approximate surface area is 209 Å². The minimum absolute atomic E-state index is 0.0245. The molecule has 2 heterocycles. The average molecular weight is 523 g/mol. The Balaban J connectivity index is 2.02. The number of carbonyl (C=O) groups excluding carboxylic acids is 1. The van der Waals surface area contributed by atoms with Crippen LogP contribution in [0.4, 0.5) is 13.2 Å². The number of nitrogens with zero attached hydrogens (tertiary/aromatic N) is 2. The number of imidazole rings is 1.